The molecule has 1 aromatic rings. The van der Waals surface area contributed by atoms with Gasteiger partial charge in [-0.3, -0.25) is 9.69 Å². The molecule has 0 spiro atoms. The molecule has 1 aliphatic rings. The van der Waals surface area contributed by atoms with E-state index in [0.29, 0.717) is 6.54 Å². The number of amides is 1. The van der Waals surface area contributed by atoms with Crippen LogP contribution in [0.15, 0.2) is 24.3 Å². The predicted molar refractivity (Wildman–Crippen MR) is 93.2 cm³/mol. The molecule has 128 valence electrons. The first-order chi connectivity index (χ1) is 11.0. The Hall–Kier alpha value is -1.39. The number of aliphatic hydroxyl groups is 1. The van der Waals surface area contributed by atoms with Gasteiger partial charge in [0.25, 0.3) is 0 Å². The van der Waals surface area contributed by atoms with Crippen LogP contribution in [0.1, 0.15) is 50.3 Å². The molecule has 1 aromatic carbocycles. The number of aryl methyl sites for hydroxylation is 1. The van der Waals surface area contributed by atoms with Gasteiger partial charge >= 0.3 is 0 Å². The fourth-order valence-electron chi connectivity index (χ4n) is 3.01. The van der Waals surface area contributed by atoms with Crippen LogP contribution in [0, 0.1) is 12.8 Å². The van der Waals surface area contributed by atoms with E-state index in [9.17, 15) is 9.90 Å². The first-order valence-corrected chi connectivity index (χ1v) is 8.72. The minimum absolute atomic E-state index is 0.0671. The van der Waals surface area contributed by atoms with Crippen LogP contribution in [-0.2, 0) is 4.79 Å². The van der Waals surface area contributed by atoms with E-state index in [4.69, 9.17) is 0 Å². The molecule has 2 atom stereocenters. The van der Waals surface area contributed by atoms with E-state index in [1.165, 1.54) is 24.0 Å². The molecule has 0 radical (unpaired) electrons. The molecule has 1 amide bonds. The van der Waals surface area contributed by atoms with Crippen LogP contribution in [0.3, 0.4) is 0 Å². The standard InChI is InChI=1S/C19H30N2O2/c1-14(2)18(22)12-19(23)20-13-17(21-10-4-5-11-21)16-8-6-15(3)7-9-16/h6-9,14,17-18,22H,4-5,10-13H2,1-3H3,(H,20,23). The van der Waals surface area contributed by atoms with E-state index < -0.39 is 6.10 Å². The second-order valence-corrected chi connectivity index (χ2v) is 6.99. The highest BCUT2D eigenvalue weighted by molar-refractivity contribution is 5.76. The zero-order valence-corrected chi connectivity index (χ0v) is 14.6. The molecule has 2 N–H and O–H groups in total. The fourth-order valence-corrected chi connectivity index (χ4v) is 3.01. The van der Waals surface area contributed by atoms with Crippen molar-refractivity contribution in [1.29, 1.82) is 0 Å². The summed E-state index contributed by atoms with van der Waals surface area (Å²) in [7, 11) is 0. The van der Waals surface area contributed by atoms with Crippen LogP contribution in [0.2, 0.25) is 0 Å². The van der Waals surface area contributed by atoms with Crippen molar-refractivity contribution < 1.29 is 9.90 Å². The average Bonchev–Trinajstić information content (AvgIpc) is 3.03. The van der Waals surface area contributed by atoms with Gasteiger partial charge in [-0.25, -0.2) is 0 Å². The van der Waals surface area contributed by atoms with Crippen LogP contribution in [0.5, 0.6) is 0 Å². The number of nitrogens with zero attached hydrogens (tertiary/aromatic N) is 1. The van der Waals surface area contributed by atoms with Crippen molar-refractivity contribution in [3.8, 4) is 0 Å². The first kappa shape index (κ1) is 18.0. The Bertz CT molecular complexity index is 493. The highest BCUT2D eigenvalue weighted by Gasteiger charge is 2.24. The first-order valence-electron chi connectivity index (χ1n) is 8.72. The van der Waals surface area contributed by atoms with Crippen molar-refractivity contribution in [1.82, 2.24) is 10.2 Å². The summed E-state index contributed by atoms with van der Waals surface area (Å²) in [6.07, 6.45) is 2.06. The maximum Gasteiger partial charge on any atom is 0.222 e. The third-order valence-corrected chi connectivity index (χ3v) is 4.70. The molecule has 1 fully saturated rings. The van der Waals surface area contributed by atoms with Crippen molar-refractivity contribution in [2.45, 2.75) is 52.2 Å². The lowest BCUT2D eigenvalue weighted by molar-refractivity contribution is -0.123. The minimum Gasteiger partial charge on any atom is -0.392 e. The number of rotatable bonds is 7. The molecule has 2 unspecified atom stereocenters. The zero-order valence-electron chi connectivity index (χ0n) is 14.6. The summed E-state index contributed by atoms with van der Waals surface area (Å²) in [4.78, 5) is 14.5. The van der Waals surface area contributed by atoms with Gasteiger partial charge < -0.3 is 10.4 Å². The summed E-state index contributed by atoms with van der Waals surface area (Å²) >= 11 is 0. The summed E-state index contributed by atoms with van der Waals surface area (Å²) in [5, 5.41) is 12.9. The molecule has 0 aliphatic carbocycles. The average molecular weight is 318 g/mol. The molecular formula is C19H30N2O2. The lowest BCUT2D eigenvalue weighted by Gasteiger charge is -2.28. The van der Waals surface area contributed by atoms with Crippen LogP contribution >= 0.6 is 0 Å². The van der Waals surface area contributed by atoms with Crippen LogP contribution in [0.4, 0.5) is 0 Å². The van der Waals surface area contributed by atoms with Crippen molar-refractivity contribution >= 4 is 5.91 Å². The Balaban J connectivity index is 1.98. The number of hydrogen-bond acceptors (Lipinski definition) is 3. The monoisotopic (exact) mass is 318 g/mol. The molecule has 0 aromatic heterocycles. The molecule has 1 aliphatic heterocycles. The van der Waals surface area contributed by atoms with E-state index in [-0.39, 0.29) is 24.3 Å². The Kier molecular flexibility index (Phi) is 6.60. The van der Waals surface area contributed by atoms with Gasteiger partial charge in [0.2, 0.25) is 5.91 Å². The number of likely N-dealkylation sites (tertiary alicyclic amines) is 1. The molecule has 4 heteroatoms. The van der Waals surface area contributed by atoms with Gasteiger partial charge in [0.1, 0.15) is 0 Å². The number of aliphatic hydroxyl groups excluding tert-OH is 1. The highest BCUT2D eigenvalue weighted by atomic mass is 16.3. The molecule has 23 heavy (non-hydrogen) atoms. The largest absolute Gasteiger partial charge is 0.392 e. The van der Waals surface area contributed by atoms with E-state index in [1.807, 2.05) is 13.8 Å². The highest BCUT2D eigenvalue weighted by Crippen LogP contribution is 2.25. The molecule has 0 saturated carbocycles. The van der Waals surface area contributed by atoms with Gasteiger partial charge in [-0.2, -0.15) is 0 Å². The summed E-state index contributed by atoms with van der Waals surface area (Å²) in [6.45, 7) is 8.72. The second-order valence-electron chi connectivity index (χ2n) is 6.99. The SMILES string of the molecule is Cc1ccc(C(CNC(=O)CC(O)C(C)C)N2CCCC2)cc1. The maximum atomic E-state index is 12.1. The maximum absolute atomic E-state index is 12.1. The lowest BCUT2D eigenvalue weighted by atomic mass is 10.0. The number of benzene rings is 1. The third-order valence-electron chi connectivity index (χ3n) is 4.70. The smallest absolute Gasteiger partial charge is 0.222 e. The van der Waals surface area contributed by atoms with Crippen molar-refractivity contribution in [2.75, 3.05) is 19.6 Å². The van der Waals surface area contributed by atoms with Gasteiger partial charge in [-0.1, -0.05) is 43.7 Å². The number of carbonyl (C=O) groups is 1. The number of hydrogen-bond donors (Lipinski definition) is 2. The Morgan fingerprint density at radius 1 is 1.22 bits per heavy atom. The second kappa shape index (κ2) is 8.46. The van der Waals surface area contributed by atoms with Crippen molar-refractivity contribution in [3.63, 3.8) is 0 Å². The van der Waals surface area contributed by atoms with Crippen molar-refractivity contribution in [2.24, 2.45) is 5.92 Å². The van der Waals surface area contributed by atoms with Crippen molar-refractivity contribution in [3.05, 3.63) is 35.4 Å². The Morgan fingerprint density at radius 3 is 2.39 bits per heavy atom. The quantitative estimate of drug-likeness (QED) is 0.812. The lowest BCUT2D eigenvalue weighted by Crippen LogP contribution is -2.38. The van der Waals surface area contributed by atoms with Crippen LogP contribution < -0.4 is 5.32 Å². The van der Waals surface area contributed by atoms with Crippen LogP contribution in [0.25, 0.3) is 0 Å². The van der Waals surface area contributed by atoms with Gasteiger partial charge in [-0.05, 0) is 44.3 Å². The Morgan fingerprint density at radius 2 is 1.83 bits per heavy atom. The van der Waals surface area contributed by atoms with Gasteiger partial charge in [0, 0.05) is 6.54 Å². The number of nitrogens with one attached hydrogen (secondary N) is 1. The summed E-state index contributed by atoms with van der Waals surface area (Å²) in [5.74, 6) is 0.0368. The summed E-state index contributed by atoms with van der Waals surface area (Å²) < 4.78 is 0. The Labute approximate surface area is 139 Å². The molecule has 2 rings (SSSR count). The molecule has 4 nitrogen and oxygen atoms in total. The normalized spacial score (nSPS) is 18.1. The molecule has 1 saturated heterocycles. The fraction of sp³-hybridized carbons (Fsp3) is 0.632. The number of carbonyl (C=O) groups excluding carboxylic acids is 1. The summed E-state index contributed by atoms with van der Waals surface area (Å²) in [5.41, 5.74) is 2.50. The van der Waals surface area contributed by atoms with E-state index in [0.717, 1.165) is 13.1 Å². The molecule has 1 heterocycles. The van der Waals surface area contributed by atoms with E-state index >= 15 is 0 Å². The summed E-state index contributed by atoms with van der Waals surface area (Å²) in [6, 6.07) is 8.80. The minimum atomic E-state index is -0.570. The third kappa shape index (κ3) is 5.33. The van der Waals surface area contributed by atoms with Gasteiger partial charge in [-0.15, -0.1) is 0 Å². The topological polar surface area (TPSA) is 52.6 Å². The van der Waals surface area contributed by atoms with E-state index in [1.54, 1.807) is 0 Å². The molecular weight excluding hydrogens is 288 g/mol. The van der Waals surface area contributed by atoms with E-state index in [2.05, 4.69) is 41.4 Å². The van der Waals surface area contributed by atoms with Gasteiger partial charge in [0.05, 0.1) is 18.6 Å². The van der Waals surface area contributed by atoms with Crippen LogP contribution in [-0.4, -0.2) is 41.7 Å². The predicted octanol–water partition coefficient (Wildman–Crippen LogP) is 2.66. The van der Waals surface area contributed by atoms with Gasteiger partial charge in [0.15, 0.2) is 0 Å². The molecule has 0 bridgehead atoms. The zero-order chi connectivity index (χ0) is 16.8.